The van der Waals surface area contributed by atoms with Crippen molar-refractivity contribution in [3.05, 3.63) is 98.9 Å². The molecule has 0 heterocycles. The molecule has 0 N–H and O–H groups in total. The van der Waals surface area contributed by atoms with Crippen LogP contribution in [-0.2, 0) is 4.74 Å². The Bertz CT molecular complexity index is 1490. The highest BCUT2D eigenvalue weighted by molar-refractivity contribution is 6.99. The molecule has 0 aliphatic rings. The Kier molecular flexibility index (Phi) is 9.06. The lowest BCUT2D eigenvalue weighted by molar-refractivity contribution is 0.199. The second-order valence-electron chi connectivity index (χ2n) is 7.72. The third-order valence-corrected chi connectivity index (χ3v) is 5.48. The van der Waals surface area contributed by atoms with Crippen molar-refractivity contribution in [1.82, 2.24) is 0 Å². The normalized spacial score (nSPS) is 11.7. The van der Waals surface area contributed by atoms with Gasteiger partial charge in [-0.1, -0.05) is 17.5 Å². The molecule has 0 aliphatic heterocycles. The van der Waals surface area contributed by atoms with Crippen LogP contribution in [0.3, 0.4) is 0 Å². The van der Waals surface area contributed by atoms with E-state index >= 15 is 0 Å². The highest BCUT2D eigenvalue weighted by atomic mass is 19.2. The molecule has 0 saturated heterocycles. The number of hydrogen-bond acceptors (Lipinski definition) is 1. The fourth-order valence-electron chi connectivity index (χ4n) is 3.70. The first-order chi connectivity index (χ1) is 19.1. The van der Waals surface area contributed by atoms with E-state index in [1.165, 1.54) is 0 Å². The van der Waals surface area contributed by atoms with E-state index in [9.17, 15) is 65.9 Å². The van der Waals surface area contributed by atoms with Crippen LogP contribution in [-0.4, -0.2) is 19.9 Å². The van der Waals surface area contributed by atoms with Gasteiger partial charge in [0.25, 0.3) is 6.71 Å². The maximum absolute atomic E-state index is 14.9. The Hall–Kier alpha value is -4.07. The van der Waals surface area contributed by atoms with E-state index in [2.05, 4.69) is 4.74 Å². The fourth-order valence-corrected chi connectivity index (χ4v) is 3.70. The van der Waals surface area contributed by atoms with E-state index in [-0.39, 0.29) is 6.08 Å². The maximum atomic E-state index is 14.9. The van der Waals surface area contributed by atoms with Gasteiger partial charge in [0.15, 0.2) is 81.4 Å². The number of halogens is 15. The van der Waals surface area contributed by atoms with E-state index < -0.39 is 129 Å². The summed E-state index contributed by atoms with van der Waals surface area (Å²) in [5, 5.41) is 0. The summed E-state index contributed by atoms with van der Waals surface area (Å²) in [6, 6.07) is 0. The number of hydrogen-bond donors (Lipinski definition) is 0. The molecule has 0 atom stereocenters. The first kappa shape index (κ1) is 31.5. The molecule has 0 unspecified atom stereocenters. The molecule has 1 nitrogen and oxygen atoms in total. The lowest BCUT2D eigenvalue weighted by atomic mass is 9.34. The molecule has 41 heavy (non-hydrogen) atoms. The van der Waals surface area contributed by atoms with Gasteiger partial charge in [-0.25, -0.2) is 65.9 Å². The van der Waals surface area contributed by atoms with E-state index in [4.69, 9.17) is 6.42 Å². The quantitative estimate of drug-likeness (QED) is 0.0844. The zero-order valence-electron chi connectivity index (χ0n) is 19.2. The van der Waals surface area contributed by atoms with E-state index in [0.717, 1.165) is 0 Å². The van der Waals surface area contributed by atoms with Crippen LogP contribution in [0.2, 0.25) is 0 Å². The Morgan fingerprint density at radius 1 is 0.512 bits per heavy atom. The Morgan fingerprint density at radius 3 is 1.12 bits per heavy atom. The van der Waals surface area contributed by atoms with Gasteiger partial charge in [0.1, 0.15) is 6.61 Å². The summed E-state index contributed by atoms with van der Waals surface area (Å²) in [5.41, 5.74) is -9.27. The molecular formula is C24H6BF15O. The summed E-state index contributed by atoms with van der Waals surface area (Å²) >= 11 is 0. The molecule has 0 saturated carbocycles. The van der Waals surface area contributed by atoms with Gasteiger partial charge >= 0.3 is 0 Å². The topological polar surface area (TPSA) is 9.23 Å². The Balaban J connectivity index is 2.67. The largest absolute Gasteiger partial charge is 0.365 e. The van der Waals surface area contributed by atoms with Crippen LogP contribution in [0.15, 0.2) is 6.08 Å². The molecule has 0 bridgehead atoms. The average molecular weight is 606 g/mol. The van der Waals surface area contributed by atoms with Crippen molar-refractivity contribution >= 4 is 23.1 Å². The van der Waals surface area contributed by atoms with Gasteiger partial charge in [0.2, 0.25) is 5.82 Å². The third kappa shape index (κ3) is 5.12. The highest BCUT2D eigenvalue weighted by Crippen LogP contribution is 2.32. The minimum absolute atomic E-state index is 0.0520. The van der Waals surface area contributed by atoms with Gasteiger partial charge < -0.3 is 4.74 Å². The summed E-state index contributed by atoms with van der Waals surface area (Å²) in [7, 11) is 0. The molecule has 0 fully saturated rings. The van der Waals surface area contributed by atoms with E-state index in [0.29, 0.717) is 0 Å². The molecule has 0 spiro atoms. The fraction of sp³-hybridized carbons (Fsp3) is 0.0833. The van der Waals surface area contributed by atoms with Crippen LogP contribution in [0, 0.1) is 99.6 Å². The molecule has 0 amide bonds. The summed E-state index contributed by atoms with van der Waals surface area (Å²) in [6.07, 6.45) is 4.94. The highest BCUT2D eigenvalue weighted by Gasteiger charge is 2.44. The number of ether oxygens (including phenoxy) is 1. The molecule has 3 aromatic rings. The second-order valence-corrected chi connectivity index (χ2v) is 7.72. The zero-order valence-corrected chi connectivity index (χ0v) is 19.2. The number of rotatable bonds is 7. The van der Waals surface area contributed by atoms with Gasteiger partial charge in [-0.3, -0.25) is 0 Å². The van der Waals surface area contributed by atoms with Crippen LogP contribution in [0.1, 0.15) is 5.56 Å². The predicted octanol–water partition coefficient (Wildman–Crippen LogP) is 5.65. The van der Waals surface area contributed by atoms with Crippen molar-refractivity contribution in [2.75, 3.05) is 13.2 Å². The van der Waals surface area contributed by atoms with Gasteiger partial charge in [-0.2, -0.15) is 0 Å². The first-order valence-corrected chi connectivity index (χ1v) is 10.4. The summed E-state index contributed by atoms with van der Waals surface area (Å²) < 4.78 is 220. The molecule has 0 radical (unpaired) electrons. The van der Waals surface area contributed by atoms with Crippen molar-refractivity contribution < 1.29 is 70.6 Å². The lowest BCUT2D eigenvalue weighted by Gasteiger charge is -2.23. The van der Waals surface area contributed by atoms with Crippen molar-refractivity contribution in [3.63, 3.8) is 0 Å². The van der Waals surface area contributed by atoms with Crippen molar-refractivity contribution in [1.29, 1.82) is 0 Å². The Morgan fingerprint density at radius 2 is 0.805 bits per heavy atom. The molecule has 3 aromatic carbocycles. The number of benzene rings is 3. The van der Waals surface area contributed by atoms with E-state index in [1.807, 2.05) is 5.92 Å². The standard InChI is InChI=1S/C24H6BF15O/c1-2-4-41-5-3-6(7-10(26)16(32)22(38)17(33)11(7)27)25(8-12(28)18(34)23(39)19(35)13(8)29)9-14(30)20(36)24(40)21(37)15(9)31/h1,3H,4-5H2/b6-3-. The van der Waals surface area contributed by atoms with Gasteiger partial charge in [0.05, 0.1) is 6.61 Å². The predicted molar refractivity (Wildman–Crippen MR) is 111 cm³/mol. The number of terminal acetylenes is 1. The summed E-state index contributed by atoms with van der Waals surface area (Å²) in [4.78, 5) is 0. The van der Waals surface area contributed by atoms with Gasteiger partial charge in [-0.15, -0.1) is 6.42 Å². The van der Waals surface area contributed by atoms with Crippen molar-refractivity contribution in [2.24, 2.45) is 0 Å². The van der Waals surface area contributed by atoms with E-state index in [1.54, 1.807) is 0 Å². The molecule has 0 aliphatic carbocycles. The third-order valence-electron chi connectivity index (χ3n) is 5.48. The summed E-state index contributed by atoms with van der Waals surface area (Å²) in [6.45, 7) is -5.61. The molecule has 3 rings (SSSR count). The average Bonchev–Trinajstić information content (AvgIpc) is 2.95. The lowest BCUT2D eigenvalue weighted by Crippen LogP contribution is -2.52. The van der Waals surface area contributed by atoms with Crippen LogP contribution >= 0.6 is 0 Å². The molecule has 17 heteroatoms. The molecule has 216 valence electrons. The smallest absolute Gasteiger partial charge is 0.257 e. The summed E-state index contributed by atoms with van der Waals surface area (Å²) in [5.74, 6) is -41.9. The minimum atomic E-state index is -3.67. The minimum Gasteiger partial charge on any atom is -0.365 e. The second kappa shape index (κ2) is 11.8. The van der Waals surface area contributed by atoms with Crippen LogP contribution in [0.25, 0.3) is 5.47 Å². The Labute approximate surface area is 218 Å². The zero-order chi connectivity index (χ0) is 31.1. The van der Waals surface area contributed by atoms with Gasteiger partial charge in [-0.05, 0) is 0 Å². The van der Waals surface area contributed by atoms with Crippen molar-refractivity contribution in [3.8, 4) is 12.3 Å². The monoisotopic (exact) mass is 606 g/mol. The molecular weight excluding hydrogens is 600 g/mol. The van der Waals surface area contributed by atoms with Crippen molar-refractivity contribution in [2.45, 2.75) is 0 Å². The molecule has 0 aromatic heterocycles. The SMILES string of the molecule is C#CCOC/C=C(\B(c1c(F)c(F)c(F)c(F)c1F)c1c(F)c(F)c(F)c(F)c1F)c1c(F)c(F)c(F)c(F)c1F. The van der Waals surface area contributed by atoms with Gasteiger partial charge in [0, 0.05) is 16.5 Å². The van der Waals surface area contributed by atoms with Crippen LogP contribution < -0.4 is 10.9 Å². The van der Waals surface area contributed by atoms with Crippen LogP contribution in [0.5, 0.6) is 0 Å². The van der Waals surface area contributed by atoms with Crippen LogP contribution in [0.4, 0.5) is 65.9 Å². The maximum Gasteiger partial charge on any atom is 0.257 e. The first-order valence-electron chi connectivity index (χ1n) is 10.4.